The minimum Gasteiger partial charge on any atom is -0.377 e. The molecule has 3 unspecified atom stereocenters. The zero-order chi connectivity index (χ0) is 14.4. The molecular weight excluding hydrogens is 256 g/mol. The molecule has 0 bridgehead atoms. The second kappa shape index (κ2) is 4.56. The van der Waals surface area contributed by atoms with Crippen molar-refractivity contribution in [3.63, 3.8) is 0 Å². The molecule has 0 aromatic carbocycles. The summed E-state index contributed by atoms with van der Waals surface area (Å²) in [6.45, 7) is 5.24. The third-order valence-corrected chi connectivity index (χ3v) is 5.05. The van der Waals surface area contributed by atoms with Crippen molar-refractivity contribution in [1.29, 1.82) is 0 Å². The van der Waals surface area contributed by atoms with Crippen molar-refractivity contribution < 1.29 is 9.53 Å². The van der Waals surface area contributed by atoms with Crippen LogP contribution in [0.4, 0.5) is 0 Å². The van der Waals surface area contributed by atoms with Crippen LogP contribution >= 0.6 is 0 Å². The van der Waals surface area contributed by atoms with Crippen LogP contribution in [0.3, 0.4) is 0 Å². The maximum Gasteiger partial charge on any atom is 0.241 e. The molecule has 2 heterocycles. The highest BCUT2D eigenvalue weighted by molar-refractivity contribution is 5.89. The molecule has 1 amide bonds. The number of nitrogens with two attached hydrogens (primary N) is 1. The molecule has 6 nitrogen and oxygen atoms in total. The van der Waals surface area contributed by atoms with Crippen LogP contribution in [0.1, 0.15) is 32.4 Å². The lowest BCUT2D eigenvalue weighted by Crippen LogP contribution is -2.82. The molecule has 110 valence electrons. The molecule has 1 aliphatic heterocycles. The molecule has 2 fully saturated rings. The summed E-state index contributed by atoms with van der Waals surface area (Å²) in [7, 11) is 0. The topological polar surface area (TPSA) is 93.0 Å². The van der Waals surface area contributed by atoms with Gasteiger partial charge in [0.25, 0.3) is 0 Å². The van der Waals surface area contributed by atoms with Crippen LogP contribution in [-0.2, 0) is 16.1 Å². The SMILES string of the molecule is CC1(C)C2OCCCC2C1(N)C(=O)NCc1cnc[nH]1. The number of hydrogen-bond acceptors (Lipinski definition) is 4. The Morgan fingerprint density at radius 2 is 2.45 bits per heavy atom. The van der Waals surface area contributed by atoms with Crippen LogP contribution in [0.5, 0.6) is 0 Å². The molecule has 1 saturated heterocycles. The average molecular weight is 278 g/mol. The smallest absolute Gasteiger partial charge is 0.241 e. The Balaban J connectivity index is 1.72. The van der Waals surface area contributed by atoms with E-state index in [0.717, 1.165) is 25.1 Å². The molecule has 2 aliphatic rings. The predicted octanol–water partition coefficient (Wildman–Crippen LogP) is 0.558. The van der Waals surface area contributed by atoms with Gasteiger partial charge in [0.2, 0.25) is 5.91 Å². The lowest BCUT2D eigenvalue weighted by molar-refractivity contribution is -0.225. The fourth-order valence-electron chi connectivity index (χ4n) is 3.74. The summed E-state index contributed by atoms with van der Waals surface area (Å²) in [6.07, 6.45) is 5.32. The Morgan fingerprint density at radius 3 is 3.15 bits per heavy atom. The maximum atomic E-state index is 12.6. The highest BCUT2D eigenvalue weighted by atomic mass is 16.5. The van der Waals surface area contributed by atoms with E-state index in [9.17, 15) is 4.79 Å². The van der Waals surface area contributed by atoms with E-state index in [4.69, 9.17) is 10.5 Å². The van der Waals surface area contributed by atoms with Gasteiger partial charge in [-0.2, -0.15) is 0 Å². The number of imidazole rings is 1. The molecule has 1 saturated carbocycles. The second-order valence-electron chi connectivity index (χ2n) is 6.39. The van der Waals surface area contributed by atoms with E-state index in [2.05, 4.69) is 15.3 Å². The number of carbonyl (C=O) groups excluding carboxylic acids is 1. The Hall–Kier alpha value is -1.40. The molecular formula is C14H22N4O2. The van der Waals surface area contributed by atoms with E-state index in [1.165, 1.54) is 0 Å². The van der Waals surface area contributed by atoms with Gasteiger partial charge >= 0.3 is 0 Å². The minimum atomic E-state index is -0.849. The molecule has 1 aromatic rings. The Labute approximate surface area is 118 Å². The van der Waals surface area contributed by atoms with E-state index in [0.29, 0.717) is 6.54 Å². The van der Waals surface area contributed by atoms with Crippen molar-refractivity contribution in [2.24, 2.45) is 17.1 Å². The summed E-state index contributed by atoms with van der Waals surface area (Å²) in [5, 5.41) is 2.93. The first kappa shape index (κ1) is 13.6. The molecule has 3 atom stereocenters. The second-order valence-corrected chi connectivity index (χ2v) is 6.39. The third kappa shape index (κ3) is 1.71. The first-order chi connectivity index (χ1) is 9.48. The number of fused-ring (bicyclic) bond motifs is 1. The third-order valence-electron chi connectivity index (χ3n) is 5.05. The van der Waals surface area contributed by atoms with E-state index >= 15 is 0 Å². The Kier molecular flexibility index (Phi) is 3.10. The predicted molar refractivity (Wildman–Crippen MR) is 73.6 cm³/mol. The Morgan fingerprint density at radius 1 is 1.65 bits per heavy atom. The molecule has 4 N–H and O–H groups in total. The van der Waals surface area contributed by atoms with Gasteiger partial charge in [-0.3, -0.25) is 4.79 Å². The number of hydrogen-bond donors (Lipinski definition) is 3. The van der Waals surface area contributed by atoms with Gasteiger partial charge in [0.05, 0.1) is 24.7 Å². The summed E-state index contributed by atoms with van der Waals surface area (Å²) in [5.74, 6) is 0.0249. The van der Waals surface area contributed by atoms with Crippen molar-refractivity contribution in [3.8, 4) is 0 Å². The number of H-pyrrole nitrogens is 1. The van der Waals surface area contributed by atoms with E-state index in [1.807, 2.05) is 13.8 Å². The van der Waals surface area contributed by atoms with E-state index in [1.54, 1.807) is 12.5 Å². The molecule has 0 spiro atoms. The molecule has 1 aliphatic carbocycles. The van der Waals surface area contributed by atoms with Gasteiger partial charge in [0.1, 0.15) is 5.54 Å². The molecule has 3 rings (SSSR count). The van der Waals surface area contributed by atoms with Crippen LogP contribution in [0.25, 0.3) is 0 Å². The number of carbonyl (C=O) groups is 1. The maximum absolute atomic E-state index is 12.6. The van der Waals surface area contributed by atoms with Crippen molar-refractivity contribution in [2.45, 2.75) is 44.9 Å². The zero-order valence-electron chi connectivity index (χ0n) is 12.0. The average Bonchev–Trinajstić information content (AvgIpc) is 2.97. The van der Waals surface area contributed by atoms with Gasteiger partial charge in [-0.1, -0.05) is 13.8 Å². The molecule has 1 aromatic heterocycles. The zero-order valence-corrected chi connectivity index (χ0v) is 12.0. The fourth-order valence-corrected chi connectivity index (χ4v) is 3.74. The Bertz CT molecular complexity index is 499. The van der Waals surface area contributed by atoms with E-state index < -0.39 is 5.54 Å². The molecule has 6 heteroatoms. The number of nitrogens with one attached hydrogen (secondary N) is 2. The molecule has 20 heavy (non-hydrogen) atoms. The lowest BCUT2D eigenvalue weighted by Gasteiger charge is -2.65. The highest BCUT2D eigenvalue weighted by Crippen LogP contribution is 2.57. The number of ether oxygens (including phenoxy) is 1. The van der Waals surface area contributed by atoms with Crippen LogP contribution in [0.15, 0.2) is 12.5 Å². The number of nitrogens with zero attached hydrogens (tertiary/aromatic N) is 1. The summed E-state index contributed by atoms with van der Waals surface area (Å²) in [6, 6.07) is 0. The quantitative estimate of drug-likeness (QED) is 0.753. The van der Waals surface area contributed by atoms with Gasteiger partial charge in [0.15, 0.2) is 0 Å². The van der Waals surface area contributed by atoms with Gasteiger partial charge in [-0.15, -0.1) is 0 Å². The summed E-state index contributed by atoms with van der Waals surface area (Å²) >= 11 is 0. The van der Waals surface area contributed by atoms with Crippen molar-refractivity contribution in [3.05, 3.63) is 18.2 Å². The van der Waals surface area contributed by atoms with Crippen molar-refractivity contribution in [2.75, 3.05) is 6.61 Å². The van der Waals surface area contributed by atoms with Crippen molar-refractivity contribution >= 4 is 5.91 Å². The van der Waals surface area contributed by atoms with Crippen molar-refractivity contribution in [1.82, 2.24) is 15.3 Å². The number of amides is 1. The van der Waals surface area contributed by atoms with Crippen LogP contribution in [-0.4, -0.2) is 34.1 Å². The monoisotopic (exact) mass is 278 g/mol. The standard InChI is InChI=1S/C14H22N4O2/c1-13(2)11-10(4-3-5-20-11)14(13,15)12(19)17-7-9-6-16-8-18-9/h6,8,10-11H,3-5,7,15H2,1-2H3,(H,16,18)(H,17,19). The summed E-state index contributed by atoms with van der Waals surface area (Å²) in [4.78, 5) is 19.5. The number of aromatic nitrogens is 2. The number of aromatic amines is 1. The van der Waals surface area contributed by atoms with Crippen LogP contribution < -0.4 is 11.1 Å². The molecule has 0 radical (unpaired) electrons. The first-order valence-corrected chi connectivity index (χ1v) is 7.14. The minimum absolute atomic E-state index is 0.0937. The number of rotatable bonds is 3. The van der Waals surface area contributed by atoms with Gasteiger partial charge in [0, 0.05) is 24.1 Å². The van der Waals surface area contributed by atoms with Crippen LogP contribution in [0, 0.1) is 11.3 Å². The highest BCUT2D eigenvalue weighted by Gasteiger charge is 2.70. The van der Waals surface area contributed by atoms with Gasteiger partial charge in [-0.05, 0) is 12.8 Å². The van der Waals surface area contributed by atoms with Crippen LogP contribution in [0.2, 0.25) is 0 Å². The van der Waals surface area contributed by atoms with Gasteiger partial charge in [-0.25, -0.2) is 4.98 Å². The van der Waals surface area contributed by atoms with E-state index in [-0.39, 0.29) is 23.3 Å². The largest absolute Gasteiger partial charge is 0.377 e. The van der Waals surface area contributed by atoms with Gasteiger partial charge < -0.3 is 20.8 Å². The lowest BCUT2D eigenvalue weighted by atomic mass is 9.46. The normalized spacial score (nSPS) is 35.0. The summed E-state index contributed by atoms with van der Waals surface area (Å²) in [5.41, 5.74) is 6.18. The summed E-state index contributed by atoms with van der Waals surface area (Å²) < 4.78 is 5.81. The first-order valence-electron chi connectivity index (χ1n) is 7.14. The fraction of sp³-hybridized carbons (Fsp3) is 0.714.